The first-order valence-corrected chi connectivity index (χ1v) is 42.5. The van der Waals surface area contributed by atoms with Crippen molar-refractivity contribution in [2.75, 3.05) is 39.6 Å². The molecule has 0 spiro atoms. The van der Waals surface area contributed by atoms with Gasteiger partial charge in [-0.1, -0.05) is 315 Å². The van der Waals surface area contributed by atoms with Crippen molar-refractivity contribution in [3.63, 3.8) is 0 Å². The summed E-state index contributed by atoms with van der Waals surface area (Å²) in [5, 5.41) is 20.6. The van der Waals surface area contributed by atoms with Gasteiger partial charge in [-0.3, -0.25) is 32.5 Å². The molecule has 16 nitrogen and oxygen atoms in total. The molecule has 0 aliphatic heterocycles. The number of rotatable bonds is 74. The number of hydrogen-bond donors (Lipinski definition) is 4. The molecule has 0 aliphatic rings. The van der Waals surface area contributed by atoms with E-state index in [9.17, 15) is 43.5 Å². The van der Waals surface area contributed by atoms with Crippen LogP contribution in [-0.2, 0) is 55.8 Å². The molecular formula is C83H142O16P2. The number of ether oxygens (including phenoxy) is 3. The summed E-state index contributed by atoms with van der Waals surface area (Å²) in [5.41, 5.74) is 0. The highest BCUT2D eigenvalue weighted by atomic mass is 31.2. The molecule has 0 aromatic heterocycles. The average Bonchev–Trinajstić information content (AvgIpc) is 0.935. The lowest BCUT2D eigenvalue weighted by molar-refractivity contribution is -0.161. The topological polar surface area (TPSA) is 231 Å². The second-order valence-electron chi connectivity index (χ2n) is 26.1. The standard InChI is InChI=1S/C83H142O16P2/c1-4-7-10-13-16-19-22-25-27-29-31-33-34-35-36-37-38-39-40-41-42-44-46-47-49-52-54-57-60-63-66-69-81(86)93-72-78(84)73-95-100(89,90)96-74-79(85)75-97-101(91,92)98-77-80(99-83(88)71-68-65-62-59-56-51-24-21-18-15-12-9-6-3)76-94-82(87)70-67-64-61-58-55-53-50-48-45-43-32-30-28-26-23-20-17-14-11-8-5-2/h7-8,10-11,16-17,19-20,25-28,31-33,35-36,43,48,50,55,58,78-80,84-85H,4-6,9,12-15,18,21-24,29-30,34,37-42,44-47,49,51-54,56-57,59-77H2,1-3H3,(H,89,90)(H,91,92)/b10-7-,11-8-,19-16-,20-17-,27-25-,28-26-,33-31-,36-35-,43-32-,50-48-,58-55-. The molecule has 4 N–H and O–H groups in total. The van der Waals surface area contributed by atoms with Crippen molar-refractivity contribution < 1.29 is 75.8 Å². The third-order valence-electron chi connectivity index (χ3n) is 16.4. The molecule has 5 unspecified atom stereocenters. The van der Waals surface area contributed by atoms with E-state index in [4.69, 9.17) is 32.3 Å². The Hall–Kier alpha value is -4.31. The molecule has 0 saturated heterocycles. The molecule has 0 fully saturated rings. The summed E-state index contributed by atoms with van der Waals surface area (Å²) in [4.78, 5) is 58.6. The Labute approximate surface area is 614 Å². The first kappa shape index (κ1) is 96.7. The molecule has 580 valence electrons. The van der Waals surface area contributed by atoms with Gasteiger partial charge in [-0.2, -0.15) is 0 Å². The molecule has 5 atom stereocenters. The minimum Gasteiger partial charge on any atom is -0.463 e. The number of phosphoric acid groups is 2. The van der Waals surface area contributed by atoms with Crippen LogP contribution >= 0.6 is 15.6 Å². The van der Waals surface area contributed by atoms with Crippen LogP contribution in [0.4, 0.5) is 0 Å². The molecule has 0 aromatic rings. The van der Waals surface area contributed by atoms with Crippen LogP contribution in [0.3, 0.4) is 0 Å². The van der Waals surface area contributed by atoms with Crippen molar-refractivity contribution in [3.05, 3.63) is 134 Å². The van der Waals surface area contributed by atoms with E-state index in [0.29, 0.717) is 19.3 Å². The normalized spacial score (nSPS) is 14.7. The maximum Gasteiger partial charge on any atom is 0.472 e. The zero-order valence-corrected chi connectivity index (χ0v) is 65.1. The number of unbranched alkanes of at least 4 members (excludes halogenated alkanes) is 29. The average molecular weight is 1460 g/mol. The number of aliphatic hydroxyl groups excluding tert-OH is 2. The summed E-state index contributed by atoms with van der Waals surface area (Å²) in [7, 11) is -9.80. The Morgan fingerprint density at radius 1 is 0.287 bits per heavy atom. The smallest absolute Gasteiger partial charge is 0.463 e. The van der Waals surface area contributed by atoms with Crippen molar-refractivity contribution >= 4 is 33.6 Å². The van der Waals surface area contributed by atoms with Gasteiger partial charge in [-0.05, 0) is 116 Å². The zero-order chi connectivity index (χ0) is 73.7. The van der Waals surface area contributed by atoms with Crippen LogP contribution in [0.1, 0.15) is 316 Å². The summed E-state index contributed by atoms with van der Waals surface area (Å²) in [6, 6.07) is 0. The molecule has 0 heterocycles. The Morgan fingerprint density at radius 3 is 0.851 bits per heavy atom. The van der Waals surface area contributed by atoms with E-state index >= 15 is 0 Å². The number of hydrogen-bond acceptors (Lipinski definition) is 14. The molecule has 101 heavy (non-hydrogen) atoms. The molecule has 0 saturated carbocycles. The van der Waals surface area contributed by atoms with Gasteiger partial charge >= 0.3 is 33.6 Å². The van der Waals surface area contributed by atoms with Crippen LogP contribution in [0, 0.1) is 0 Å². The molecule has 0 aliphatic carbocycles. The van der Waals surface area contributed by atoms with Crippen LogP contribution in [0.15, 0.2) is 134 Å². The maximum atomic E-state index is 12.9. The van der Waals surface area contributed by atoms with Crippen LogP contribution in [0.25, 0.3) is 0 Å². The van der Waals surface area contributed by atoms with Gasteiger partial charge in [-0.15, -0.1) is 0 Å². The quantitative estimate of drug-likeness (QED) is 0.0146. The van der Waals surface area contributed by atoms with Gasteiger partial charge in [0, 0.05) is 19.3 Å². The van der Waals surface area contributed by atoms with E-state index in [-0.39, 0.29) is 19.3 Å². The van der Waals surface area contributed by atoms with Crippen molar-refractivity contribution in [1.82, 2.24) is 0 Å². The molecule has 18 heteroatoms. The highest BCUT2D eigenvalue weighted by molar-refractivity contribution is 7.47. The SMILES string of the molecule is CC/C=C\C/C=C\C/C=C\C/C=C\C/C=C\C/C=C\CCCCC(=O)OCC(COP(=O)(O)OCC(O)COP(=O)(O)OCC(O)COC(=O)CCCCCCCCCCCCCCCCC/C=C\C/C=C\C/C=C\C/C=C\C/C=C\CC)OC(=O)CCCCCCCCCCCCCCC. The van der Waals surface area contributed by atoms with Crippen LogP contribution in [0.5, 0.6) is 0 Å². The van der Waals surface area contributed by atoms with Crippen molar-refractivity contribution in [2.24, 2.45) is 0 Å². The number of carbonyl (C=O) groups is 3. The first-order valence-electron chi connectivity index (χ1n) is 39.5. The van der Waals surface area contributed by atoms with Crippen molar-refractivity contribution in [1.29, 1.82) is 0 Å². The lowest BCUT2D eigenvalue weighted by Crippen LogP contribution is -2.30. The molecule has 0 amide bonds. The van der Waals surface area contributed by atoms with Gasteiger partial charge in [0.05, 0.1) is 26.4 Å². The van der Waals surface area contributed by atoms with E-state index in [2.05, 4.69) is 154 Å². The third kappa shape index (κ3) is 76.6. The lowest BCUT2D eigenvalue weighted by Gasteiger charge is -2.21. The molecule has 0 bridgehead atoms. The van der Waals surface area contributed by atoms with Gasteiger partial charge in [0.15, 0.2) is 6.10 Å². The minimum absolute atomic E-state index is 0.0954. The fourth-order valence-corrected chi connectivity index (χ4v) is 12.0. The largest absolute Gasteiger partial charge is 0.472 e. The van der Waals surface area contributed by atoms with Crippen LogP contribution in [-0.4, -0.2) is 95.9 Å². The van der Waals surface area contributed by atoms with Crippen molar-refractivity contribution in [3.8, 4) is 0 Å². The number of carbonyl (C=O) groups excluding carboxylic acids is 3. The van der Waals surface area contributed by atoms with E-state index in [0.717, 1.165) is 128 Å². The van der Waals surface area contributed by atoms with Gasteiger partial charge in [-0.25, -0.2) is 9.13 Å². The first-order chi connectivity index (χ1) is 49.2. The lowest BCUT2D eigenvalue weighted by atomic mass is 10.0. The van der Waals surface area contributed by atoms with E-state index < -0.39 is 91.5 Å². The third-order valence-corrected chi connectivity index (χ3v) is 18.3. The van der Waals surface area contributed by atoms with Gasteiger partial charge in [0.25, 0.3) is 0 Å². The predicted molar refractivity (Wildman–Crippen MR) is 417 cm³/mol. The Kier molecular flexibility index (Phi) is 72.2. The van der Waals surface area contributed by atoms with Gasteiger partial charge in [0.2, 0.25) is 0 Å². The van der Waals surface area contributed by atoms with E-state index in [1.807, 2.05) is 0 Å². The fraction of sp³-hybridized carbons (Fsp3) is 0.699. The highest BCUT2D eigenvalue weighted by Gasteiger charge is 2.29. The monoisotopic (exact) mass is 1460 g/mol. The van der Waals surface area contributed by atoms with E-state index in [1.165, 1.54) is 128 Å². The number of aliphatic hydroxyl groups is 2. The summed E-state index contributed by atoms with van der Waals surface area (Å²) in [6.45, 7) is 2.42. The Balaban J connectivity index is 4.48. The molecular weight excluding hydrogens is 1310 g/mol. The van der Waals surface area contributed by atoms with Crippen LogP contribution in [0.2, 0.25) is 0 Å². The maximum absolute atomic E-state index is 12.9. The number of allylic oxidation sites excluding steroid dienone is 22. The zero-order valence-electron chi connectivity index (χ0n) is 63.3. The molecule has 0 rings (SSSR count). The number of esters is 3. The summed E-state index contributed by atoms with van der Waals surface area (Å²) < 4.78 is 61.1. The second kappa shape index (κ2) is 75.4. The van der Waals surface area contributed by atoms with Gasteiger partial charge < -0.3 is 34.2 Å². The second-order valence-corrected chi connectivity index (χ2v) is 29.0. The minimum atomic E-state index is -4.94. The highest BCUT2D eigenvalue weighted by Crippen LogP contribution is 2.45. The van der Waals surface area contributed by atoms with E-state index in [1.54, 1.807) is 0 Å². The van der Waals surface area contributed by atoms with Crippen molar-refractivity contribution in [2.45, 2.75) is 334 Å². The number of phosphoric ester groups is 2. The van der Waals surface area contributed by atoms with Gasteiger partial charge in [0.1, 0.15) is 25.4 Å². The molecule has 0 aromatic carbocycles. The molecule has 0 radical (unpaired) electrons. The van der Waals surface area contributed by atoms with Crippen LogP contribution < -0.4 is 0 Å². The fourth-order valence-electron chi connectivity index (χ4n) is 10.4. The summed E-state index contributed by atoms with van der Waals surface area (Å²) >= 11 is 0. The Bertz CT molecular complexity index is 2370. The summed E-state index contributed by atoms with van der Waals surface area (Å²) in [5.74, 6) is -1.62. The summed E-state index contributed by atoms with van der Waals surface area (Å²) in [6.07, 6.45) is 90.9. The predicted octanol–water partition coefficient (Wildman–Crippen LogP) is 23.1. The Morgan fingerprint density at radius 2 is 0.525 bits per heavy atom.